The molecule has 0 N–H and O–H groups in total. The molecule has 80 valence electrons. The van der Waals surface area contributed by atoms with E-state index in [0.29, 0.717) is 0 Å². The number of alkyl halides is 1. The van der Waals surface area contributed by atoms with E-state index in [0.717, 1.165) is 42.7 Å². The number of tetrazole rings is 1. The van der Waals surface area contributed by atoms with Gasteiger partial charge in [0.05, 0.1) is 0 Å². The number of fused-ring (bicyclic) bond motifs is 2. The number of rotatable bonds is 1. The van der Waals surface area contributed by atoms with E-state index in [1.54, 1.807) is 0 Å². The number of hydrogen-bond donors (Lipinski definition) is 0. The largest absolute Gasteiger partial charge is 0.493 e. The van der Waals surface area contributed by atoms with E-state index < -0.39 is 0 Å². The Hall–Kier alpha value is -0.910. The number of halogens is 1. The molecule has 2 aliphatic heterocycles. The summed E-state index contributed by atoms with van der Waals surface area (Å²) in [5, 5.41) is 12.6. The lowest BCUT2D eigenvalue weighted by Gasteiger charge is -2.09. The van der Waals surface area contributed by atoms with Crippen molar-refractivity contribution in [1.29, 1.82) is 0 Å². The summed E-state index contributed by atoms with van der Waals surface area (Å²) < 4.78 is 7.72. The Morgan fingerprint density at radius 2 is 2.47 bits per heavy atom. The molecule has 0 aliphatic carbocycles. The monoisotopic (exact) mass is 270 g/mol. The molecule has 3 rings (SSSR count). The first-order chi connectivity index (χ1) is 7.38. The van der Waals surface area contributed by atoms with Crippen LogP contribution in [0.1, 0.15) is 25.1 Å². The van der Waals surface area contributed by atoms with Crippen molar-refractivity contribution in [3.63, 3.8) is 0 Å². The van der Waals surface area contributed by atoms with E-state index in [1.807, 2.05) is 4.68 Å². The van der Waals surface area contributed by atoms with Gasteiger partial charge in [0.1, 0.15) is 11.9 Å². The third-order valence-electron chi connectivity index (χ3n) is 2.82. The Bertz CT molecular complexity index is 414. The minimum atomic E-state index is 0.248. The fourth-order valence-corrected chi connectivity index (χ4v) is 2.49. The number of aromatic nitrogens is 4. The Morgan fingerprint density at radius 1 is 1.53 bits per heavy atom. The maximum Gasteiger partial charge on any atom is 0.181 e. The van der Waals surface area contributed by atoms with Crippen LogP contribution >= 0.6 is 15.9 Å². The van der Waals surface area contributed by atoms with Gasteiger partial charge in [0, 0.05) is 30.3 Å². The maximum atomic E-state index is 5.84. The molecule has 0 aromatic carbocycles. The number of ether oxygens (including phenoxy) is 1. The van der Waals surface area contributed by atoms with Crippen LogP contribution in [0.2, 0.25) is 0 Å². The van der Waals surface area contributed by atoms with Gasteiger partial charge in [0.15, 0.2) is 5.82 Å². The molecule has 15 heavy (non-hydrogen) atoms. The minimum Gasteiger partial charge on any atom is -0.493 e. The van der Waals surface area contributed by atoms with E-state index in [2.05, 4.69) is 31.5 Å². The van der Waals surface area contributed by atoms with E-state index in [9.17, 15) is 0 Å². The standard InChI is InChI=1S/C9H11BrN4O/c10-5-6-4-7-8(15-6)2-1-3-14-9(7)11-12-13-14/h6H,1-5H2. The average Bonchev–Trinajstić information content (AvgIpc) is 2.82. The van der Waals surface area contributed by atoms with E-state index in [4.69, 9.17) is 4.74 Å². The number of aryl methyl sites for hydroxylation is 1. The van der Waals surface area contributed by atoms with E-state index >= 15 is 0 Å². The van der Waals surface area contributed by atoms with E-state index in [-0.39, 0.29) is 6.10 Å². The third-order valence-corrected chi connectivity index (χ3v) is 3.55. The zero-order chi connectivity index (χ0) is 10.3. The van der Waals surface area contributed by atoms with Crippen molar-refractivity contribution in [2.75, 3.05) is 5.33 Å². The Labute approximate surface area is 95.6 Å². The predicted octanol–water partition coefficient (Wildman–Crippen LogP) is 1.36. The normalized spacial score (nSPS) is 24.5. The van der Waals surface area contributed by atoms with Gasteiger partial charge in [-0.15, -0.1) is 5.10 Å². The van der Waals surface area contributed by atoms with Crippen LogP contribution in [-0.4, -0.2) is 31.6 Å². The molecule has 0 saturated carbocycles. The fourth-order valence-electron chi connectivity index (χ4n) is 2.13. The highest BCUT2D eigenvalue weighted by Gasteiger charge is 2.30. The zero-order valence-electron chi connectivity index (χ0n) is 8.19. The molecule has 3 heterocycles. The SMILES string of the molecule is BrCC1CC2=C(CCCn3nnnc32)O1. The van der Waals surface area contributed by atoms with Crippen molar-refractivity contribution in [2.45, 2.75) is 31.9 Å². The lowest BCUT2D eigenvalue weighted by atomic mass is 10.1. The van der Waals surface area contributed by atoms with Crippen LogP contribution in [0.3, 0.4) is 0 Å². The molecule has 0 bridgehead atoms. The highest BCUT2D eigenvalue weighted by atomic mass is 79.9. The lowest BCUT2D eigenvalue weighted by molar-refractivity contribution is 0.156. The third kappa shape index (κ3) is 1.47. The summed E-state index contributed by atoms with van der Waals surface area (Å²) in [6.45, 7) is 0.887. The molecule has 0 saturated heterocycles. The molecule has 6 heteroatoms. The van der Waals surface area contributed by atoms with Gasteiger partial charge >= 0.3 is 0 Å². The van der Waals surface area contributed by atoms with Gasteiger partial charge in [0.2, 0.25) is 0 Å². The quantitative estimate of drug-likeness (QED) is 0.724. The van der Waals surface area contributed by atoms with Gasteiger partial charge in [-0.05, 0) is 16.8 Å². The molecular weight excluding hydrogens is 260 g/mol. The summed E-state index contributed by atoms with van der Waals surface area (Å²) in [5.41, 5.74) is 1.20. The van der Waals surface area contributed by atoms with E-state index in [1.165, 1.54) is 5.57 Å². The Balaban J connectivity index is 2.00. The van der Waals surface area contributed by atoms with Crippen molar-refractivity contribution in [3.05, 3.63) is 11.6 Å². The number of nitrogens with zero attached hydrogens (tertiary/aromatic N) is 4. The summed E-state index contributed by atoms with van der Waals surface area (Å²) in [6.07, 6.45) is 3.20. The van der Waals surface area contributed by atoms with Crippen molar-refractivity contribution in [1.82, 2.24) is 20.2 Å². The second kappa shape index (κ2) is 3.59. The van der Waals surface area contributed by atoms with Crippen LogP contribution in [0, 0.1) is 0 Å². The molecule has 2 aliphatic rings. The minimum absolute atomic E-state index is 0.248. The smallest absolute Gasteiger partial charge is 0.181 e. The van der Waals surface area contributed by atoms with Gasteiger partial charge < -0.3 is 4.74 Å². The summed E-state index contributed by atoms with van der Waals surface area (Å²) in [7, 11) is 0. The van der Waals surface area contributed by atoms with Gasteiger partial charge in [-0.1, -0.05) is 15.9 Å². The summed E-state index contributed by atoms with van der Waals surface area (Å²) in [4.78, 5) is 0. The van der Waals surface area contributed by atoms with Crippen LogP contribution in [0.25, 0.3) is 5.57 Å². The molecule has 1 unspecified atom stereocenters. The van der Waals surface area contributed by atoms with Crippen LogP contribution in [0.4, 0.5) is 0 Å². The molecule has 1 aromatic heterocycles. The Morgan fingerprint density at radius 3 is 3.33 bits per heavy atom. The molecular formula is C9H11BrN4O. The second-order valence-corrected chi connectivity index (χ2v) is 4.48. The maximum absolute atomic E-state index is 5.84. The van der Waals surface area contributed by atoms with Crippen LogP contribution < -0.4 is 0 Å². The topological polar surface area (TPSA) is 52.8 Å². The number of allylic oxidation sites excluding steroid dienone is 1. The van der Waals surface area contributed by atoms with Crippen LogP contribution in [-0.2, 0) is 11.3 Å². The highest BCUT2D eigenvalue weighted by molar-refractivity contribution is 9.09. The van der Waals surface area contributed by atoms with Crippen molar-refractivity contribution < 1.29 is 4.74 Å². The first-order valence-corrected chi connectivity index (χ1v) is 6.22. The van der Waals surface area contributed by atoms with Gasteiger partial charge in [-0.25, -0.2) is 4.68 Å². The highest BCUT2D eigenvalue weighted by Crippen LogP contribution is 2.36. The molecule has 0 amide bonds. The Kier molecular flexibility index (Phi) is 2.23. The van der Waals surface area contributed by atoms with Crippen molar-refractivity contribution in [2.24, 2.45) is 0 Å². The molecule has 0 radical (unpaired) electrons. The number of hydrogen-bond acceptors (Lipinski definition) is 4. The first kappa shape index (κ1) is 9.33. The van der Waals surface area contributed by atoms with Crippen molar-refractivity contribution in [3.8, 4) is 0 Å². The molecule has 1 atom stereocenters. The zero-order valence-corrected chi connectivity index (χ0v) is 9.77. The van der Waals surface area contributed by atoms with Crippen LogP contribution in [0.5, 0.6) is 0 Å². The van der Waals surface area contributed by atoms with Gasteiger partial charge in [-0.2, -0.15) is 0 Å². The van der Waals surface area contributed by atoms with Gasteiger partial charge in [-0.3, -0.25) is 0 Å². The lowest BCUT2D eigenvalue weighted by Crippen LogP contribution is -2.09. The van der Waals surface area contributed by atoms with Gasteiger partial charge in [0.25, 0.3) is 0 Å². The molecule has 1 aromatic rings. The molecule has 0 spiro atoms. The first-order valence-electron chi connectivity index (χ1n) is 5.09. The summed E-state index contributed by atoms with van der Waals surface area (Å²) in [6, 6.07) is 0. The predicted molar refractivity (Wildman–Crippen MR) is 57.3 cm³/mol. The van der Waals surface area contributed by atoms with Crippen LogP contribution in [0.15, 0.2) is 5.76 Å². The molecule has 0 fully saturated rings. The summed E-state index contributed by atoms with van der Waals surface area (Å²) >= 11 is 3.45. The summed E-state index contributed by atoms with van der Waals surface area (Å²) in [5.74, 6) is 1.99. The van der Waals surface area contributed by atoms with Crippen molar-refractivity contribution >= 4 is 21.5 Å². The average molecular weight is 271 g/mol. The molecule has 5 nitrogen and oxygen atoms in total. The fraction of sp³-hybridized carbons (Fsp3) is 0.667. The second-order valence-electron chi connectivity index (χ2n) is 3.83.